The second-order valence-electron chi connectivity index (χ2n) is 2.62. The molecular formula is C9H19N2. The van der Waals surface area contributed by atoms with Crippen LogP contribution in [0.1, 0.15) is 32.1 Å². The zero-order valence-electron chi connectivity index (χ0n) is 7.26. The minimum Gasteiger partial charge on any atom is -0.268 e. The second-order valence-corrected chi connectivity index (χ2v) is 2.62. The van der Waals surface area contributed by atoms with E-state index in [0.717, 1.165) is 13.0 Å². The van der Waals surface area contributed by atoms with E-state index in [1.165, 1.54) is 25.7 Å². The molecule has 2 nitrogen and oxygen atoms in total. The van der Waals surface area contributed by atoms with Crippen molar-refractivity contribution < 1.29 is 0 Å². The molecule has 0 aromatic rings. The van der Waals surface area contributed by atoms with Crippen LogP contribution in [0, 0.1) is 21.4 Å². The molecule has 2 N–H and O–H groups in total. The fourth-order valence-electron chi connectivity index (χ4n) is 1.14. The topological polar surface area (TPSA) is 29.3 Å². The quantitative estimate of drug-likeness (QED) is 0.542. The van der Waals surface area contributed by atoms with Gasteiger partial charge in [-0.15, -0.1) is 0 Å². The van der Waals surface area contributed by atoms with Gasteiger partial charge in [0.25, 0.3) is 0 Å². The SMILES string of the molecule is NN1[CH]CCCCCC1.[CH2].[CH2]. The molecule has 1 heterocycles. The van der Waals surface area contributed by atoms with Gasteiger partial charge in [-0.1, -0.05) is 34.1 Å². The first-order chi connectivity index (χ1) is 4.39. The summed E-state index contributed by atoms with van der Waals surface area (Å²) >= 11 is 0. The summed E-state index contributed by atoms with van der Waals surface area (Å²) in [6.45, 7) is 3.14. The van der Waals surface area contributed by atoms with Gasteiger partial charge in [-0.05, 0) is 12.8 Å². The summed E-state index contributed by atoms with van der Waals surface area (Å²) in [7, 11) is 0. The summed E-state index contributed by atoms with van der Waals surface area (Å²) < 4.78 is 0. The summed E-state index contributed by atoms with van der Waals surface area (Å²) in [5, 5.41) is 1.82. The molecule has 1 aliphatic rings. The Morgan fingerprint density at radius 3 is 2.36 bits per heavy atom. The van der Waals surface area contributed by atoms with Crippen LogP contribution >= 0.6 is 0 Å². The Hall–Kier alpha value is -0.0800. The predicted octanol–water partition coefficient (Wildman–Crippen LogP) is 1.94. The lowest BCUT2D eigenvalue weighted by atomic mass is 10.1. The maximum absolute atomic E-state index is 5.58. The van der Waals surface area contributed by atoms with Gasteiger partial charge in [0.2, 0.25) is 0 Å². The molecule has 0 saturated carbocycles. The van der Waals surface area contributed by atoms with Crippen LogP contribution in [0.4, 0.5) is 0 Å². The Morgan fingerprint density at radius 2 is 1.64 bits per heavy atom. The molecule has 65 valence electrons. The highest BCUT2D eigenvalue weighted by Crippen LogP contribution is 2.09. The molecule has 1 saturated heterocycles. The Morgan fingerprint density at radius 1 is 1.00 bits per heavy atom. The molecular weight excluding hydrogens is 136 g/mol. The molecule has 0 aromatic heterocycles. The fourth-order valence-corrected chi connectivity index (χ4v) is 1.14. The molecule has 1 aliphatic heterocycles. The highest BCUT2D eigenvalue weighted by molar-refractivity contribution is 4.65. The smallest absolute Gasteiger partial charge is 0.0410 e. The van der Waals surface area contributed by atoms with E-state index in [1.54, 1.807) is 0 Å². The van der Waals surface area contributed by atoms with E-state index in [-0.39, 0.29) is 14.9 Å². The zero-order chi connectivity index (χ0) is 6.53. The van der Waals surface area contributed by atoms with Crippen molar-refractivity contribution in [2.45, 2.75) is 32.1 Å². The van der Waals surface area contributed by atoms with Gasteiger partial charge < -0.3 is 0 Å². The predicted molar refractivity (Wildman–Crippen MR) is 49.0 cm³/mol. The Kier molecular flexibility index (Phi) is 9.85. The summed E-state index contributed by atoms with van der Waals surface area (Å²) in [6.07, 6.45) is 6.46. The lowest BCUT2D eigenvalue weighted by Crippen LogP contribution is -2.29. The molecule has 0 aromatic carbocycles. The Bertz CT molecular complexity index is 66.0. The minimum absolute atomic E-state index is 0. The van der Waals surface area contributed by atoms with Gasteiger partial charge in [-0.2, -0.15) is 0 Å². The van der Waals surface area contributed by atoms with Crippen molar-refractivity contribution in [2.24, 2.45) is 5.84 Å². The zero-order valence-corrected chi connectivity index (χ0v) is 7.26. The average Bonchev–Trinajstić information content (AvgIpc) is 1.79. The van der Waals surface area contributed by atoms with Crippen LogP contribution in [0.15, 0.2) is 0 Å². The number of hydrazine groups is 1. The van der Waals surface area contributed by atoms with Crippen molar-refractivity contribution in [1.82, 2.24) is 5.01 Å². The first-order valence-electron chi connectivity index (χ1n) is 3.74. The van der Waals surface area contributed by atoms with E-state index >= 15 is 0 Å². The number of hydrogen-bond acceptors (Lipinski definition) is 2. The van der Waals surface area contributed by atoms with Crippen molar-refractivity contribution in [1.29, 1.82) is 0 Å². The normalized spacial score (nSPS) is 20.5. The molecule has 0 spiro atoms. The summed E-state index contributed by atoms with van der Waals surface area (Å²) in [5.74, 6) is 5.58. The van der Waals surface area contributed by atoms with E-state index in [4.69, 9.17) is 5.84 Å². The van der Waals surface area contributed by atoms with Gasteiger partial charge >= 0.3 is 0 Å². The Labute approximate surface area is 71.7 Å². The molecule has 0 bridgehead atoms. The van der Waals surface area contributed by atoms with Gasteiger partial charge in [-0.3, -0.25) is 5.84 Å². The molecule has 0 aliphatic carbocycles. The van der Waals surface area contributed by atoms with Crippen LogP contribution in [0.2, 0.25) is 0 Å². The van der Waals surface area contributed by atoms with Crippen molar-refractivity contribution in [3.8, 4) is 0 Å². The molecule has 1 rings (SSSR count). The largest absolute Gasteiger partial charge is 0.268 e. The minimum atomic E-state index is 0. The van der Waals surface area contributed by atoms with Gasteiger partial charge in [0, 0.05) is 13.1 Å². The van der Waals surface area contributed by atoms with Gasteiger partial charge in [-0.25, -0.2) is 5.01 Å². The van der Waals surface area contributed by atoms with E-state index in [0.29, 0.717) is 0 Å². The van der Waals surface area contributed by atoms with E-state index in [9.17, 15) is 0 Å². The molecule has 5 radical (unpaired) electrons. The highest BCUT2D eigenvalue weighted by atomic mass is 15.4. The number of hydrogen-bond donors (Lipinski definition) is 1. The number of rotatable bonds is 0. The Balaban J connectivity index is 0. The van der Waals surface area contributed by atoms with Crippen molar-refractivity contribution in [3.63, 3.8) is 0 Å². The lowest BCUT2D eigenvalue weighted by molar-refractivity contribution is 0.307. The first-order valence-corrected chi connectivity index (χ1v) is 3.74. The standard InChI is InChI=1S/C7H15N2.2CH2/c8-9-6-4-2-1-3-5-7-9;;/h6H,1-5,7-8H2;2*1H2. The maximum Gasteiger partial charge on any atom is 0.0410 e. The van der Waals surface area contributed by atoms with Crippen LogP contribution in [0.3, 0.4) is 0 Å². The molecule has 0 unspecified atom stereocenters. The van der Waals surface area contributed by atoms with Crippen molar-refractivity contribution in [2.75, 3.05) is 6.54 Å². The molecule has 2 heteroatoms. The third kappa shape index (κ3) is 6.32. The van der Waals surface area contributed by atoms with Crippen molar-refractivity contribution >= 4 is 0 Å². The van der Waals surface area contributed by atoms with Crippen LogP contribution in [-0.4, -0.2) is 11.6 Å². The highest BCUT2D eigenvalue weighted by Gasteiger charge is 2.02. The molecule has 0 atom stereocenters. The molecule has 0 amide bonds. The molecule has 11 heavy (non-hydrogen) atoms. The summed E-state index contributed by atoms with van der Waals surface area (Å²) in [6, 6.07) is 0. The third-order valence-electron chi connectivity index (χ3n) is 1.73. The lowest BCUT2D eigenvalue weighted by Gasteiger charge is -2.17. The van der Waals surface area contributed by atoms with Crippen LogP contribution < -0.4 is 5.84 Å². The molecule has 1 fully saturated rings. The number of nitrogens with two attached hydrogens (primary N) is 1. The second kappa shape index (κ2) is 8.02. The summed E-state index contributed by atoms with van der Waals surface area (Å²) in [4.78, 5) is 0. The summed E-state index contributed by atoms with van der Waals surface area (Å²) in [5.41, 5.74) is 0. The average molecular weight is 155 g/mol. The fraction of sp³-hybridized carbons (Fsp3) is 0.667. The third-order valence-corrected chi connectivity index (χ3v) is 1.73. The van der Waals surface area contributed by atoms with E-state index in [2.05, 4.69) is 6.54 Å². The maximum atomic E-state index is 5.58. The van der Waals surface area contributed by atoms with Crippen LogP contribution in [0.5, 0.6) is 0 Å². The number of nitrogens with zero attached hydrogens (tertiary/aromatic N) is 1. The first kappa shape index (κ1) is 13.5. The van der Waals surface area contributed by atoms with Crippen molar-refractivity contribution in [3.05, 3.63) is 21.4 Å². The van der Waals surface area contributed by atoms with Crippen LogP contribution in [0.25, 0.3) is 0 Å². The van der Waals surface area contributed by atoms with E-state index < -0.39 is 0 Å². The van der Waals surface area contributed by atoms with Gasteiger partial charge in [0.05, 0.1) is 0 Å². The van der Waals surface area contributed by atoms with Crippen LogP contribution in [-0.2, 0) is 0 Å². The van der Waals surface area contributed by atoms with E-state index in [1.807, 2.05) is 5.01 Å². The van der Waals surface area contributed by atoms with Gasteiger partial charge in [0.15, 0.2) is 0 Å². The monoisotopic (exact) mass is 155 g/mol. The van der Waals surface area contributed by atoms with Gasteiger partial charge in [0.1, 0.15) is 0 Å².